The second-order valence-electron chi connectivity index (χ2n) is 4.47. The third-order valence-corrected chi connectivity index (χ3v) is 3.18. The zero-order chi connectivity index (χ0) is 12.7. The first-order chi connectivity index (χ1) is 8.01. The Morgan fingerprint density at radius 3 is 2.47 bits per heavy atom. The van der Waals surface area contributed by atoms with E-state index < -0.39 is 6.36 Å². The van der Waals surface area contributed by atoms with E-state index in [9.17, 15) is 13.2 Å². The molecule has 0 unspecified atom stereocenters. The lowest BCUT2D eigenvalue weighted by atomic mass is 9.93. The number of hydrogen-bond acceptors (Lipinski definition) is 3. The molecule has 3 nitrogen and oxygen atoms in total. The molecule has 0 spiro atoms. The van der Waals surface area contributed by atoms with Crippen molar-refractivity contribution < 1.29 is 17.9 Å². The molecule has 1 fully saturated rings. The van der Waals surface area contributed by atoms with Gasteiger partial charge in [0.25, 0.3) is 0 Å². The third-order valence-electron chi connectivity index (χ3n) is 3.18. The minimum Gasteiger partial charge on any atom is -0.320 e. The predicted molar refractivity (Wildman–Crippen MR) is 59.7 cm³/mol. The highest BCUT2D eigenvalue weighted by Gasteiger charge is 2.29. The van der Waals surface area contributed by atoms with Crippen molar-refractivity contribution in [3.05, 3.63) is 0 Å². The highest BCUT2D eigenvalue weighted by molar-refractivity contribution is 4.72. The molecule has 1 aliphatic heterocycles. The molecule has 1 saturated heterocycles. The van der Waals surface area contributed by atoms with Crippen LogP contribution in [0.2, 0.25) is 0 Å². The van der Waals surface area contributed by atoms with Crippen LogP contribution in [0.4, 0.5) is 13.2 Å². The number of piperidine rings is 1. The van der Waals surface area contributed by atoms with E-state index in [2.05, 4.69) is 10.1 Å². The molecule has 102 valence electrons. The van der Waals surface area contributed by atoms with Crippen LogP contribution >= 0.6 is 0 Å². The van der Waals surface area contributed by atoms with E-state index in [1.165, 1.54) is 0 Å². The highest BCUT2D eigenvalue weighted by Crippen LogP contribution is 2.20. The lowest BCUT2D eigenvalue weighted by molar-refractivity contribution is -0.325. The van der Waals surface area contributed by atoms with Crippen LogP contribution in [-0.4, -0.2) is 51.1 Å². The van der Waals surface area contributed by atoms with Gasteiger partial charge in [-0.15, -0.1) is 13.2 Å². The number of ether oxygens (including phenoxy) is 1. The molecule has 0 aromatic carbocycles. The van der Waals surface area contributed by atoms with Crippen LogP contribution in [0.1, 0.15) is 19.3 Å². The first-order valence-corrected chi connectivity index (χ1v) is 6.09. The van der Waals surface area contributed by atoms with E-state index in [1.807, 2.05) is 11.9 Å². The van der Waals surface area contributed by atoms with Gasteiger partial charge in [-0.25, -0.2) is 0 Å². The molecule has 1 N–H and O–H groups in total. The van der Waals surface area contributed by atoms with Gasteiger partial charge in [0.2, 0.25) is 0 Å². The fraction of sp³-hybridized carbons (Fsp3) is 1.00. The molecule has 0 radical (unpaired) electrons. The van der Waals surface area contributed by atoms with Crippen molar-refractivity contribution in [3.63, 3.8) is 0 Å². The van der Waals surface area contributed by atoms with E-state index in [1.54, 1.807) is 0 Å². The molecule has 0 amide bonds. The molecule has 0 aliphatic carbocycles. The number of hydrogen-bond donors (Lipinski definition) is 1. The van der Waals surface area contributed by atoms with Crippen LogP contribution in [0.25, 0.3) is 0 Å². The number of nitrogens with zero attached hydrogens (tertiary/aromatic N) is 1. The Labute approximate surface area is 100 Å². The summed E-state index contributed by atoms with van der Waals surface area (Å²) in [5.74, 6) is 0.710. The molecule has 0 aromatic rings. The summed E-state index contributed by atoms with van der Waals surface area (Å²) in [7, 11) is 1.93. The van der Waals surface area contributed by atoms with Crippen LogP contribution in [0.3, 0.4) is 0 Å². The smallest absolute Gasteiger partial charge is 0.320 e. The summed E-state index contributed by atoms with van der Waals surface area (Å²) in [5.41, 5.74) is 0. The average molecular weight is 254 g/mol. The maximum Gasteiger partial charge on any atom is 0.522 e. The Kier molecular flexibility index (Phi) is 6.22. The molecule has 0 saturated carbocycles. The largest absolute Gasteiger partial charge is 0.522 e. The van der Waals surface area contributed by atoms with Crippen LogP contribution in [-0.2, 0) is 4.74 Å². The summed E-state index contributed by atoms with van der Waals surface area (Å²) in [6.45, 7) is 2.90. The van der Waals surface area contributed by atoms with Crippen LogP contribution in [0, 0.1) is 5.92 Å². The van der Waals surface area contributed by atoms with Gasteiger partial charge >= 0.3 is 6.36 Å². The number of nitrogens with one attached hydrogen (secondary N) is 1. The van der Waals surface area contributed by atoms with E-state index in [-0.39, 0.29) is 6.61 Å². The van der Waals surface area contributed by atoms with Crippen LogP contribution < -0.4 is 5.32 Å². The SMILES string of the molecule is CNCCC1CCN(CCOC(F)(F)F)CC1. The monoisotopic (exact) mass is 254 g/mol. The van der Waals surface area contributed by atoms with Gasteiger partial charge < -0.3 is 10.2 Å². The quantitative estimate of drug-likeness (QED) is 0.783. The summed E-state index contributed by atoms with van der Waals surface area (Å²) in [4.78, 5) is 2.04. The first-order valence-electron chi connectivity index (χ1n) is 6.09. The minimum absolute atomic E-state index is 0.259. The molecular formula is C11H21F3N2O. The van der Waals surface area contributed by atoms with Crippen molar-refractivity contribution in [2.45, 2.75) is 25.6 Å². The maximum atomic E-state index is 11.8. The molecule has 17 heavy (non-hydrogen) atoms. The number of likely N-dealkylation sites (tertiary alicyclic amines) is 1. The van der Waals surface area contributed by atoms with Gasteiger partial charge in [-0.3, -0.25) is 4.74 Å². The van der Waals surface area contributed by atoms with Crippen molar-refractivity contribution in [2.75, 3.05) is 39.8 Å². The summed E-state index contributed by atoms with van der Waals surface area (Å²) >= 11 is 0. The summed E-state index contributed by atoms with van der Waals surface area (Å²) < 4.78 is 39.1. The minimum atomic E-state index is -4.49. The molecular weight excluding hydrogens is 233 g/mol. The van der Waals surface area contributed by atoms with Gasteiger partial charge in [0, 0.05) is 6.54 Å². The Hall–Kier alpha value is -0.330. The molecule has 1 rings (SSSR count). The van der Waals surface area contributed by atoms with Gasteiger partial charge in [-0.2, -0.15) is 0 Å². The number of alkyl halides is 3. The van der Waals surface area contributed by atoms with E-state index >= 15 is 0 Å². The number of rotatable bonds is 6. The zero-order valence-electron chi connectivity index (χ0n) is 10.2. The van der Waals surface area contributed by atoms with Gasteiger partial charge in [-0.05, 0) is 51.9 Å². The normalized spacial score (nSPS) is 19.8. The lowest BCUT2D eigenvalue weighted by Gasteiger charge is -2.31. The molecule has 0 atom stereocenters. The second kappa shape index (κ2) is 7.18. The Balaban J connectivity index is 2.07. The van der Waals surface area contributed by atoms with Crippen molar-refractivity contribution in [2.24, 2.45) is 5.92 Å². The fourth-order valence-corrected chi connectivity index (χ4v) is 2.14. The molecule has 1 heterocycles. The maximum absolute atomic E-state index is 11.8. The topological polar surface area (TPSA) is 24.5 Å². The van der Waals surface area contributed by atoms with E-state index in [0.29, 0.717) is 12.5 Å². The van der Waals surface area contributed by atoms with Crippen LogP contribution in [0.15, 0.2) is 0 Å². The van der Waals surface area contributed by atoms with E-state index in [4.69, 9.17) is 0 Å². The molecule has 0 aromatic heterocycles. The van der Waals surface area contributed by atoms with Crippen molar-refractivity contribution >= 4 is 0 Å². The van der Waals surface area contributed by atoms with Crippen molar-refractivity contribution in [1.29, 1.82) is 0 Å². The fourth-order valence-electron chi connectivity index (χ4n) is 2.14. The highest BCUT2D eigenvalue weighted by atomic mass is 19.4. The number of halogens is 3. The molecule has 1 aliphatic rings. The summed E-state index contributed by atoms with van der Waals surface area (Å²) in [6, 6.07) is 0. The van der Waals surface area contributed by atoms with Crippen LogP contribution in [0.5, 0.6) is 0 Å². The average Bonchev–Trinajstić information content (AvgIpc) is 2.26. The predicted octanol–water partition coefficient (Wildman–Crippen LogP) is 1.84. The van der Waals surface area contributed by atoms with Gasteiger partial charge in [0.1, 0.15) is 0 Å². The molecule has 6 heteroatoms. The lowest BCUT2D eigenvalue weighted by Crippen LogP contribution is -2.37. The third kappa shape index (κ3) is 6.85. The summed E-state index contributed by atoms with van der Waals surface area (Å²) in [6.07, 6.45) is -1.18. The van der Waals surface area contributed by atoms with Gasteiger partial charge in [0.15, 0.2) is 0 Å². The standard InChI is InChI=1S/C11H21F3N2O/c1-15-5-2-10-3-6-16(7-4-10)8-9-17-11(12,13)14/h10,15H,2-9H2,1H3. The van der Waals surface area contributed by atoms with Gasteiger partial charge in [-0.1, -0.05) is 0 Å². The first kappa shape index (κ1) is 14.7. The van der Waals surface area contributed by atoms with Crippen molar-refractivity contribution in [3.8, 4) is 0 Å². The zero-order valence-corrected chi connectivity index (χ0v) is 10.2. The second-order valence-corrected chi connectivity index (χ2v) is 4.47. The Bertz CT molecular complexity index is 203. The molecule has 0 bridgehead atoms. The Morgan fingerprint density at radius 2 is 1.94 bits per heavy atom. The summed E-state index contributed by atoms with van der Waals surface area (Å²) in [5, 5.41) is 3.12. The van der Waals surface area contributed by atoms with E-state index in [0.717, 1.165) is 38.9 Å². The van der Waals surface area contributed by atoms with Gasteiger partial charge in [0.05, 0.1) is 6.61 Å². The van der Waals surface area contributed by atoms with Crippen molar-refractivity contribution in [1.82, 2.24) is 10.2 Å². The Morgan fingerprint density at radius 1 is 1.29 bits per heavy atom.